The molecule has 1 heterocycles. The maximum absolute atomic E-state index is 12.4. The summed E-state index contributed by atoms with van der Waals surface area (Å²) < 4.78 is 10.6. The van der Waals surface area contributed by atoms with Crippen LogP contribution in [0.2, 0.25) is 5.02 Å². The number of benzene rings is 2. The first-order valence-electron chi connectivity index (χ1n) is 8.41. The molecule has 3 rings (SSSR count). The van der Waals surface area contributed by atoms with Crippen LogP contribution in [0.15, 0.2) is 48.5 Å². The predicted molar refractivity (Wildman–Crippen MR) is 105 cm³/mol. The number of nitrogens with zero attached hydrogens (tertiary/aromatic N) is 1. The van der Waals surface area contributed by atoms with E-state index in [0.717, 1.165) is 30.1 Å². The number of morpholine rings is 1. The minimum absolute atomic E-state index is 0.218. The van der Waals surface area contributed by atoms with E-state index in [-0.39, 0.29) is 5.91 Å². The molecule has 0 saturated carbocycles. The molecule has 0 radical (unpaired) electrons. The zero-order valence-electron chi connectivity index (χ0n) is 14.6. The number of methoxy groups -OCH3 is 1. The molecule has 1 fully saturated rings. The molecule has 5 nitrogen and oxygen atoms in total. The number of anilines is 2. The maximum Gasteiger partial charge on any atom is 0.248 e. The zero-order valence-corrected chi connectivity index (χ0v) is 15.3. The van der Waals surface area contributed by atoms with Crippen LogP contribution in [-0.2, 0) is 9.53 Å². The summed E-state index contributed by atoms with van der Waals surface area (Å²) in [6, 6.07) is 13.0. The number of hydrogen-bond donors (Lipinski definition) is 1. The lowest BCUT2D eigenvalue weighted by molar-refractivity contribution is -0.111. The predicted octanol–water partition coefficient (Wildman–Crippen LogP) is 3.84. The summed E-state index contributed by atoms with van der Waals surface area (Å²) in [5, 5.41) is 3.50. The van der Waals surface area contributed by atoms with Crippen molar-refractivity contribution in [2.75, 3.05) is 43.6 Å². The Morgan fingerprint density at radius 2 is 2.04 bits per heavy atom. The van der Waals surface area contributed by atoms with Crippen molar-refractivity contribution in [2.45, 2.75) is 0 Å². The Hall–Kier alpha value is -2.50. The summed E-state index contributed by atoms with van der Waals surface area (Å²) in [4.78, 5) is 14.6. The second-order valence-electron chi connectivity index (χ2n) is 5.86. The highest BCUT2D eigenvalue weighted by Crippen LogP contribution is 2.30. The van der Waals surface area contributed by atoms with Crippen molar-refractivity contribution in [2.24, 2.45) is 0 Å². The van der Waals surface area contributed by atoms with Crippen molar-refractivity contribution in [3.63, 3.8) is 0 Å². The van der Waals surface area contributed by atoms with E-state index in [9.17, 15) is 4.79 Å². The largest absolute Gasteiger partial charge is 0.497 e. The van der Waals surface area contributed by atoms with Crippen LogP contribution in [0.3, 0.4) is 0 Å². The lowest BCUT2D eigenvalue weighted by Crippen LogP contribution is -2.36. The summed E-state index contributed by atoms with van der Waals surface area (Å²) in [6.45, 7) is 2.91. The van der Waals surface area contributed by atoms with Gasteiger partial charge in [-0.1, -0.05) is 23.7 Å². The topological polar surface area (TPSA) is 50.8 Å². The SMILES string of the molecule is COc1cccc(/C=C/C(=O)Nc2cc(Cl)ccc2N2CCOCC2)c1. The van der Waals surface area contributed by atoms with Crippen molar-refractivity contribution in [1.82, 2.24) is 0 Å². The molecule has 6 heteroatoms. The number of carbonyl (C=O) groups excluding carboxylic acids is 1. The lowest BCUT2D eigenvalue weighted by atomic mass is 10.2. The highest BCUT2D eigenvalue weighted by atomic mass is 35.5. The van der Waals surface area contributed by atoms with Crippen LogP contribution < -0.4 is 15.0 Å². The first-order valence-corrected chi connectivity index (χ1v) is 8.79. The lowest BCUT2D eigenvalue weighted by Gasteiger charge is -2.30. The fraction of sp³-hybridized carbons (Fsp3) is 0.250. The Bertz CT molecular complexity index is 801. The number of carbonyl (C=O) groups is 1. The third kappa shape index (κ3) is 4.77. The van der Waals surface area contributed by atoms with Gasteiger partial charge in [0.25, 0.3) is 0 Å². The average molecular weight is 373 g/mol. The molecule has 136 valence electrons. The van der Waals surface area contributed by atoms with E-state index >= 15 is 0 Å². The van der Waals surface area contributed by atoms with Crippen molar-refractivity contribution in [1.29, 1.82) is 0 Å². The molecular weight excluding hydrogens is 352 g/mol. The van der Waals surface area contributed by atoms with Gasteiger partial charge in [-0.15, -0.1) is 0 Å². The quantitative estimate of drug-likeness (QED) is 0.810. The number of hydrogen-bond acceptors (Lipinski definition) is 4. The zero-order chi connectivity index (χ0) is 18.4. The third-order valence-corrected chi connectivity index (χ3v) is 4.32. The van der Waals surface area contributed by atoms with Gasteiger partial charge in [0, 0.05) is 24.2 Å². The van der Waals surface area contributed by atoms with Gasteiger partial charge in [0.2, 0.25) is 5.91 Å². The van der Waals surface area contributed by atoms with E-state index in [4.69, 9.17) is 21.1 Å². The summed E-state index contributed by atoms with van der Waals surface area (Å²) in [5.41, 5.74) is 2.53. The summed E-state index contributed by atoms with van der Waals surface area (Å²) in [5.74, 6) is 0.529. The summed E-state index contributed by atoms with van der Waals surface area (Å²) in [6.07, 6.45) is 3.25. The van der Waals surface area contributed by atoms with Crippen LogP contribution in [0.4, 0.5) is 11.4 Å². The van der Waals surface area contributed by atoms with E-state index in [1.165, 1.54) is 6.08 Å². The van der Waals surface area contributed by atoms with Gasteiger partial charge < -0.3 is 19.7 Å². The fourth-order valence-corrected chi connectivity index (χ4v) is 2.95. The number of rotatable bonds is 5. The highest BCUT2D eigenvalue weighted by molar-refractivity contribution is 6.31. The van der Waals surface area contributed by atoms with E-state index in [2.05, 4.69) is 10.2 Å². The van der Waals surface area contributed by atoms with Gasteiger partial charge >= 0.3 is 0 Å². The van der Waals surface area contributed by atoms with E-state index in [1.54, 1.807) is 19.3 Å². The molecule has 0 bridgehead atoms. The summed E-state index contributed by atoms with van der Waals surface area (Å²) in [7, 11) is 1.61. The fourth-order valence-electron chi connectivity index (χ4n) is 2.78. The van der Waals surface area contributed by atoms with Gasteiger partial charge in [0.05, 0.1) is 31.7 Å². The minimum atomic E-state index is -0.218. The van der Waals surface area contributed by atoms with Crippen LogP contribution in [0.25, 0.3) is 6.08 Å². The molecule has 1 aliphatic rings. The minimum Gasteiger partial charge on any atom is -0.497 e. The van der Waals surface area contributed by atoms with E-state index in [1.807, 2.05) is 36.4 Å². The number of halogens is 1. The van der Waals surface area contributed by atoms with Gasteiger partial charge in [0.15, 0.2) is 0 Å². The van der Waals surface area contributed by atoms with E-state index < -0.39 is 0 Å². The van der Waals surface area contributed by atoms with Crippen LogP contribution in [0.5, 0.6) is 5.75 Å². The normalized spacial score (nSPS) is 14.5. The van der Waals surface area contributed by atoms with E-state index in [0.29, 0.717) is 23.9 Å². The van der Waals surface area contributed by atoms with Crippen LogP contribution >= 0.6 is 11.6 Å². The Balaban J connectivity index is 1.73. The molecule has 26 heavy (non-hydrogen) atoms. The summed E-state index contributed by atoms with van der Waals surface area (Å²) >= 11 is 6.12. The number of ether oxygens (including phenoxy) is 2. The Morgan fingerprint density at radius 3 is 2.81 bits per heavy atom. The van der Waals surface area contributed by atoms with Gasteiger partial charge in [-0.3, -0.25) is 4.79 Å². The molecule has 1 N–H and O–H groups in total. The first kappa shape index (κ1) is 18.3. The van der Waals surface area contributed by atoms with Crippen molar-refractivity contribution in [3.05, 3.63) is 59.1 Å². The van der Waals surface area contributed by atoms with Crippen molar-refractivity contribution >= 4 is 35.0 Å². The molecule has 0 unspecified atom stereocenters. The molecule has 0 spiro atoms. The number of nitrogens with one attached hydrogen (secondary N) is 1. The Kier molecular flexibility index (Phi) is 6.15. The molecule has 1 aliphatic heterocycles. The molecule has 0 atom stereocenters. The smallest absolute Gasteiger partial charge is 0.248 e. The maximum atomic E-state index is 12.4. The molecule has 1 amide bonds. The van der Waals surface area contributed by atoms with Crippen LogP contribution in [-0.4, -0.2) is 39.3 Å². The Morgan fingerprint density at radius 1 is 1.23 bits per heavy atom. The van der Waals surface area contributed by atoms with Crippen LogP contribution in [0.1, 0.15) is 5.56 Å². The molecule has 0 aliphatic carbocycles. The van der Waals surface area contributed by atoms with Crippen molar-refractivity contribution in [3.8, 4) is 5.75 Å². The highest BCUT2D eigenvalue weighted by Gasteiger charge is 2.16. The first-order chi connectivity index (χ1) is 12.7. The average Bonchev–Trinajstić information content (AvgIpc) is 2.67. The molecule has 2 aromatic rings. The molecule has 1 saturated heterocycles. The second-order valence-corrected chi connectivity index (χ2v) is 6.30. The van der Waals surface area contributed by atoms with Gasteiger partial charge in [0.1, 0.15) is 5.75 Å². The van der Waals surface area contributed by atoms with Gasteiger partial charge in [-0.05, 0) is 42.0 Å². The molecular formula is C20H21ClN2O3. The van der Waals surface area contributed by atoms with Crippen molar-refractivity contribution < 1.29 is 14.3 Å². The van der Waals surface area contributed by atoms with Gasteiger partial charge in [-0.2, -0.15) is 0 Å². The standard InChI is InChI=1S/C20H21ClN2O3/c1-25-17-4-2-3-15(13-17)5-8-20(24)22-18-14-16(21)6-7-19(18)23-9-11-26-12-10-23/h2-8,13-14H,9-12H2,1H3,(H,22,24)/b8-5+. The molecule has 0 aromatic heterocycles. The monoisotopic (exact) mass is 372 g/mol. The van der Waals surface area contributed by atoms with Crippen LogP contribution in [0, 0.1) is 0 Å². The Labute approximate surface area is 158 Å². The molecule has 2 aromatic carbocycles. The van der Waals surface area contributed by atoms with Gasteiger partial charge in [-0.25, -0.2) is 0 Å². The number of amides is 1. The second kappa shape index (κ2) is 8.74. The third-order valence-electron chi connectivity index (χ3n) is 4.09.